The highest BCUT2D eigenvalue weighted by Crippen LogP contribution is 2.26. The molecule has 1 amide bonds. The van der Waals surface area contributed by atoms with E-state index in [4.69, 9.17) is 4.74 Å². The fraction of sp³-hybridized carbons (Fsp3) is 0.412. The van der Waals surface area contributed by atoms with Crippen LogP contribution in [0.4, 0.5) is 0 Å². The highest BCUT2D eigenvalue weighted by Gasteiger charge is 2.31. The van der Waals surface area contributed by atoms with E-state index in [0.29, 0.717) is 18.7 Å². The summed E-state index contributed by atoms with van der Waals surface area (Å²) < 4.78 is 7.74. The minimum absolute atomic E-state index is 0.0138. The second kappa shape index (κ2) is 5.93. The number of carbonyl (C=O) groups is 1. The van der Waals surface area contributed by atoms with Gasteiger partial charge < -0.3 is 9.64 Å². The van der Waals surface area contributed by atoms with E-state index in [1.807, 2.05) is 56.1 Å². The second-order valence-electron chi connectivity index (χ2n) is 5.82. The fourth-order valence-corrected chi connectivity index (χ4v) is 2.85. The Hall–Kier alpha value is -2.14. The number of hydrogen-bond donors (Lipinski definition) is 0. The molecule has 116 valence electrons. The van der Waals surface area contributed by atoms with Crippen LogP contribution in [-0.4, -0.2) is 39.8 Å². The van der Waals surface area contributed by atoms with Crippen molar-refractivity contribution in [3.8, 4) is 0 Å². The van der Waals surface area contributed by atoms with Crippen molar-refractivity contribution in [3.05, 3.63) is 53.3 Å². The van der Waals surface area contributed by atoms with Crippen LogP contribution in [0.3, 0.4) is 0 Å². The largest absolute Gasteiger partial charge is 0.367 e. The average Bonchev–Trinajstić information content (AvgIpc) is 2.86. The molecule has 1 aliphatic rings. The predicted octanol–water partition coefficient (Wildman–Crippen LogP) is 2.33. The third kappa shape index (κ3) is 2.76. The van der Waals surface area contributed by atoms with Gasteiger partial charge in [0.15, 0.2) is 0 Å². The Balaban J connectivity index is 1.82. The molecule has 1 aliphatic heterocycles. The number of aryl methyl sites for hydroxylation is 1. The molecular weight excluding hydrogens is 278 g/mol. The first-order valence-electron chi connectivity index (χ1n) is 7.54. The summed E-state index contributed by atoms with van der Waals surface area (Å²) in [5.41, 5.74) is 2.67. The van der Waals surface area contributed by atoms with E-state index in [0.717, 1.165) is 11.3 Å². The van der Waals surface area contributed by atoms with Gasteiger partial charge >= 0.3 is 0 Å². The second-order valence-corrected chi connectivity index (χ2v) is 5.82. The zero-order valence-electron chi connectivity index (χ0n) is 13.2. The molecule has 2 heterocycles. The number of rotatable bonds is 2. The molecule has 3 rings (SSSR count). The molecule has 5 heteroatoms. The average molecular weight is 299 g/mol. The number of hydrogen-bond acceptors (Lipinski definition) is 3. The number of carbonyl (C=O) groups excluding carboxylic acids is 1. The van der Waals surface area contributed by atoms with Gasteiger partial charge in [-0.15, -0.1) is 0 Å². The number of ether oxygens (including phenoxy) is 1. The maximum absolute atomic E-state index is 12.8. The van der Waals surface area contributed by atoms with Gasteiger partial charge in [0.1, 0.15) is 6.10 Å². The first-order chi connectivity index (χ1) is 10.6. The van der Waals surface area contributed by atoms with Gasteiger partial charge in [0.2, 0.25) is 0 Å². The smallest absolute Gasteiger partial charge is 0.257 e. The SMILES string of the molecule is Cc1c(C(=O)N2C[C@@H](C)O[C@@H](c3ccccc3)C2)cnn1C. The summed E-state index contributed by atoms with van der Waals surface area (Å²) in [6, 6.07) is 10.1. The maximum Gasteiger partial charge on any atom is 0.257 e. The van der Waals surface area contributed by atoms with Crippen LogP contribution in [0.2, 0.25) is 0 Å². The monoisotopic (exact) mass is 299 g/mol. The van der Waals surface area contributed by atoms with Crippen molar-refractivity contribution in [1.82, 2.24) is 14.7 Å². The Kier molecular flexibility index (Phi) is 3.98. The summed E-state index contributed by atoms with van der Waals surface area (Å²) >= 11 is 0. The van der Waals surface area contributed by atoms with E-state index >= 15 is 0 Å². The molecule has 0 N–H and O–H groups in total. The summed E-state index contributed by atoms with van der Waals surface area (Å²) in [6.07, 6.45) is 1.58. The molecule has 2 aromatic rings. The summed E-state index contributed by atoms with van der Waals surface area (Å²) in [4.78, 5) is 14.6. The van der Waals surface area contributed by atoms with E-state index < -0.39 is 0 Å². The van der Waals surface area contributed by atoms with E-state index in [1.165, 1.54) is 0 Å². The Bertz CT molecular complexity index is 666. The molecule has 0 aliphatic carbocycles. The molecule has 5 nitrogen and oxygen atoms in total. The van der Waals surface area contributed by atoms with Gasteiger partial charge in [-0.3, -0.25) is 9.48 Å². The maximum atomic E-state index is 12.8. The first-order valence-corrected chi connectivity index (χ1v) is 7.54. The molecule has 0 unspecified atom stereocenters. The summed E-state index contributed by atoms with van der Waals surface area (Å²) in [6.45, 7) is 5.10. The van der Waals surface area contributed by atoms with Crippen LogP contribution in [-0.2, 0) is 11.8 Å². The van der Waals surface area contributed by atoms with Crippen LogP contribution in [0.15, 0.2) is 36.5 Å². The molecule has 1 fully saturated rings. The number of aromatic nitrogens is 2. The van der Waals surface area contributed by atoms with Gasteiger partial charge in [-0.2, -0.15) is 5.10 Å². The number of morpholine rings is 1. The molecule has 2 atom stereocenters. The third-order valence-corrected chi connectivity index (χ3v) is 4.18. The van der Waals surface area contributed by atoms with Crippen LogP contribution in [0, 0.1) is 6.92 Å². The normalized spacial score (nSPS) is 21.9. The highest BCUT2D eigenvalue weighted by molar-refractivity contribution is 5.95. The van der Waals surface area contributed by atoms with Gasteiger partial charge in [-0.05, 0) is 19.4 Å². The lowest BCUT2D eigenvalue weighted by Crippen LogP contribution is -2.46. The number of benzene rings is 1. The molecule has 0 bridgehead atoms. The lowest BCUT2D eigenvalue weighted by atomic mass is 10.1. The van der Waals surface area contributed by atoms with Gasteiger partial charge in [0, 0.05) is 19.3 Å². The van der Waals surface area contributed by atoms with Gasteiger partial charge in [-0.25, -0.2) is 0 Å². The van der Waals surface area contributed by atoms with Crippen molar-refractivity contribution in [1.29, 1.82) is 0 Å². The molecule has 22 heavy (non-hydrogen) atoms. The van der Waals surface area contributed by atoms with Gasteiger partial charge in [-0.1, -0.05) is 30.3 Å². The summed E-state index contributed by atoms with van der Waals surface area (Å²) in [5, 5.41) is 4.17. The third-order valence-electron chi connectivity index (χ3n) is 4.18. The Morgan fingerprint density at radius 3 is 2.64 bits per heavy atom. The van der Waals surface area contributed by atoms with Crippen molar-refractivity contribution in [2.45, 2.75) is 26.1 Å². The molecule has 1 saturated heterocycles. The van der Waals surface area contributed by atoms with E-state index in [-0.39, 0.29) is 18.1 Å². The van der Waals surface area contributed by atoms with Crippen molar-refractivity contribution >= 4 is 5.91 Å². The van der Waals surface area contributed by atoms with Crippen LogP contribution in [0.1, 0.15) is 34.6 Å². The quantitative estimate of drug-likeness (QED) is 0.855. The Morgan fingerprint density at radius 2 is 2.00 bits per heavy atom. The molecule has 0 spiro atoms. The first kappa shape index (κ1) is 14.8. The van der Waals surface area contributed by atoms with Gasteiger partial charge in [0.05, 0.1) is 24.4 Å². The lowest BCUT2D eigenvalue weighted by molar-refractivity contribution is -0.0691. The zero-order valence-corrected chi connectivity index (χ0v) is 13.2. The minimum Gasteiger partial charge on any atom is -0.367 e. The van der Waals surface area contributed by atoms with Crippen LogP contribution in [0.25, 0.3) is 0 Å². The lowest BCUT2D eigenvalue weighted by Gasteiger charge is -2.37. The zero-order chi connectivity index (χ0) is 15.7. The standard InChI is InChI=1S/C17H21N3O2/c1-12-10-20(17(21)15-9-18-19(3)13(15)2)11-16(22-12)14-7-5-4-6-8-14/h4-9,12,16H,10-11H2,1-3H3/t12-,16-/m1/s1. The Morgan fingerprint density at radius 1 is 1.27 bits per heavy atom. The highest BCUT2D eigenvalue weighted by atomic mass is 16.5. The number of nitrogens with zero attached hydrogens (tertiary/aromatic N) is 3. The molecule has 0 radical (unpaired) electrons. The summed E-state index contributed by atoms with van der Waals surface area (Å²) in [5.74, 6) is 0.0293. The summed E-state index contributed by atoms with van der Waals surface area (Å²) in [7, 11) is 1.85. The molecule has 1 aromatic heterocycles. The van der Waals surface area contributed by atoms with Crippen molar-refractivity contribution in [2.75, 3.05) is 13.1 Å². The van der Waals surface area contributed by atoms with E-state index in [1.54, 1.807) is 10.9 Å². The molecule has 1 aromatic carbocycles. The van der Waals surface area contributed by atoms with Crippen LogP contribution in [0.5, 0.6) is 0 Å². The Labute approximate surface area is 130 Å². The predicted molar refractivity (Wildman–Crippen MR) is 83.6 cm³/mol. The van der Waals surface area contributed by atoms with E-state index in [9.17, 15) is 4.79 Å². The fourth-order valence-electron chi connectivity index (χ4n) is 2.85. The molecular formula is C17H21N3O2. The molecule has 0 saturated carbocycles. The van der Waals surface area contributed by atoms with Crippen LogP contribution < -0.4 is 0 Å². The van der Waals surface area contributed by atoms with Crippen LogP contribution >= 0.6 is 0 Å². The van der Waals surface area contributed by atoms with Crippen molar-refractivity contribution in [3.63, 3.8) is 0 Å². The minimum atomic E-state index is -0.0779. The number of amides is 1. The topological polar surface area (TPSA) is 47.4 Å². The van der Waals surface area contributed by atoms with E-state index in [2.05, 4.69) is 5.10 Å². The van der Waals surface area contributed by atoms with Gasteiger partial charge in [0.25, 0.3) is 5.91 Å². The van der Waals surface area contributed by atoms with Crippen molar-refractivity contribution in [2.24, 2.45) is 7.05 Å². The van der Waals surface area contributed by atoms with Crippen molar-refractivity contribution < 1.29 is 9.53 Å².